The number of fused-ring (bicyclic) bond motifs is 1. The Kier molecular flexibility index (Phi) is 4.84. The van der Waals surface area contributed by atoms with Crippen LogP contribution in [0.3, 0.4) is 0 Å². The molecule has 0 saturated heterocycles. The molecule has 3 heteroatoms. The zero-order chi connectivity index (χ0) is 13.0. The van der Waals surface area contributed by atoms with Gasteiger partial charge in [-0.1, -0.05) is 6.92 Å². The van der Waals surface area contributed by atoms with Gasteiger partial charge in [0.2, 0.25) is 0 Å². The minimum Gasteiger partial charge on any atom is -0.381 e. The van der Waals surface area contributed by atoms with E-state index in [4.69, 9.17) is 10.5 Å². The monoisotopic (exact) mass is 250 g/mol. The molecule has 0 bridgehead atoms. The van der Waals surface area contributed by atoms with Gasteiger partial charge in [-0.15, -0.1) is 0 Å². The van der Waals surface area contributed by atoms with Gasteiger partial charge in [-0.25, -0.2) is 0 Å². The summed E-state index contributed by atoms with van der Waals surface area (Å²) in [6.45, 7) is 7.16. The highest BCUT2D eigenvalue weighted by Gasteiger charge is 2.21. The molecule has 0 saturated carbocycles. The SMILES string of the molecule is CCCOCCCn1c(C)cc2c1CCCC2N. The minimum atomic E-state index is 0.255. The lowest BCUT2D eigenvalue weighted by Crippen LogP contribution is -2.18. The Balaban J connectivity index is 1.96. The smallest absolute Gasteiger partial charge is 0.0483 e. The van der Waals surface area contributed by atoms with Crippen molar-refractivity contribution < 1.29 is 4.74 Å². The van der Waals surface area contributed by atoms with Crippen LogP contribution in [-0.4, -0.2) is 17.8 Å². The van der Waals surface area contributed by atoms with Gasteiger partial charge in [0.1, 0.15) is 0 Å². The second-order valence-electron chi connectivity index (χ2n) is 5.30. The number of aromatic nitrogens is 1. The zero-order valence-electron chi connectivity index (χ0n) is 11.7. The Hall–Kier alpha value is -0.800. The van der Waals surface area contributed by atoms with Crippen LogP contribution in [0.5, 0.6) is 0 Å². The number of ether oxygens (including phenoxy) is 1. The van der Waals surface area contributed by atoms with Crippen LogP contribution in [0.2, 0.25) is 0 Å². The summed E-state index contributed by atoms with van der Waals surface area (Å²) >= 11 is 0. The molecule has 2 rings (SSSR count). The molecular formula is C15H26N2O. The van der Waals surface area contributed by atoms with Crippen molar-refractivity contribution in [2.75, 3.05) is 13.2 Å². The summed E-state index contributed by atoms with van der Waals surface area (Å²) in [5, 5.41) is 0. The fraction of sp³-hybridized carbons (Fsp3) is 0.733. The summed E-state index contributed by atoms with van der Waals surface area (Å²) in [4.78, 5) is 0. The molecule has 1 aliphatic rings. The maximum Gasteiger partial charge on any atom is 0.0483 e. The van der Waals surface area contributed by atoms with Gasteiger partial charge in [-0.3, -0.25) is 0 Å². The van der Waals surface area contributed by atoms with E-state index in [0.717, 1.165) is 39.0 Å². The molecular weight excluding hydrogens is 224 g/mol. The molecule has 0 aliphatic heterocycles. The van der Waals surface area contributed by atoms with Crippen molar-refractivity contribution >= 4 is 0 Å². The lowest BCUT2D eigenvalue weighted by molar-refractivity contribution is 0.129. The number of hydrogen-bond acceptors (Lipinski definition) is 2. The van der Waals surface area contributed by atoms with E-state index >= 15 is 0 Å². The maximum absolute atomic E-state index is 6.18. The number of nitrogens with zero attached hydrogens (tertiary/aromatic N) is 1. The van der Waals surface area contributed by atoms with E-state index in [0.29, 0.717) is 0 Å². The van der Waals surface area contributed by atoms with E-state index in [1.54, 1.807) is 0 Å². The number of rotatable bonds is 6. The Morgan fingerprint density at radius 1 is 1.44 bits per heavy atom. The highest BCUT2D eigenvalue weighted by atomic mass is 16.5. The molecule has 0 radical (unpaired) electrons. The summed E-state index contributed by atoms with van der Waals surface area (Å²) in [5.74, 6) is 0. The standard InChI is InChI=1S/C15H26N2O/c1-3-9-18-10-5-8-17-12(2)11-13-14(16)6-4-7-15(13)17/h11,14H,3-10,16H2,1-2H3. The van der Waals surface area contributed by atoms with Gasteiger partial charge in [0.25, 0.3) is 0 Å². The maximum atomic E-state index is 6.18. The van der Waals surface area contributed by atoms with Crippen molar-refractivity contribution in [1.82, 2.24) is 4.57 Å². The van der Waals surface area contributed by atoms with Crippen molar-refractivity contribution in [2.24, 2.45) is 5.73 Å². The minimum absolute atomic E-state index is 0.255. The first-order chi connectivity index (χ1) is 8.74. The Morgan fingerprint density at radius 3 is 3.06 bits per heavy atom. The van der Waals surface area contributed by atoms with E-state index in [2.05, 4.69) is 24.5 Å². The molecule has 3 nitrogen and oxygen atoms in total. The number of nitrogens with two attached hydrogens (primary N) is 1. The number of hydrogen-bond donors (Lipinski definition) is 1. The molecule has 102 valence electrons. The van der Waals surface area contributed by atoms with E-state index < -0.39 is 0 Å². The quantitative estimate of drug-likeness (QED) is 0.789. The van der Waals surface area contributed by atoms with Crippen molar-refractivity contribution in [3.63, 3.8) is 0 Å². The topological polar surface area (TPSA) is 40.2 Å². The highest BCUT2D eigenvalue weighted by molar-refractivity contribution is 5.32. The molecule has 0 amide bonds. The second kappa shape index (κ2) is 6.39. The summed E-state index contributed by atoms with van der Waals surface area (Å²) in [6.07, 6.45) is 5.75. The molecule has 2 N–H and O–H groups in total. The van der Waals surface area contributed by atoms with E-state index in [1.807, 2.05) is 0 Å². The van der Waals surface area contributed by atoms with Gasteiger partial charge >= 0.3 is 0 Å². The molecule has 0 aromatic carbocycles. The van der Waals surface area contributed by atoms with Crippen molar-refractivity contribution in [3.8, 4) is 0 Å². The molecule has 1 unspecified atom stereocenters. The lowest BCUT2D eigenvalue weighted by Gasteiger charge is -2.21. The summed E-state index contributed by atoms with van der Waals surface area (Å²) in [7, 11) is 0. The first-order valence-corrected chi connectivity index (χ1v) is 7.26. The number of aryl methyl sites for hydroxylation is 1. The van der Waals surface area contributed by atoms with E-state index in [9.17, 15) is 0 Å². The van der Waals surface area contributed by atoms with Gasteiger partial charge in [0.15, 0.2) is 0 Å². The molecule has 18 heavy (non-hydrogen) atoms. The average molecular weight is 250 g/mol. The van der Waals surface area contributed by atoms with Crippen molar-refractivity contribution in [3.05, 3.63) is 23.0 Å². The van der Waals surface area contributed by atoms with Crippen LogP contribution in [0.4, 0.5) is 0 Å². The van der Waals surface area contributed by atoms with Gasteiger partial charge in [-0.05, 0) is 50.7 Å². The third-order valence-corrected chi connectivity index (χ3v) is 3.80. The largest absolute Gasteiger partial charge is 0.381 e. The Morgan fingerprint density at radius 2 is 2.28 bits per heavy atom. The predicted octanol–water partition coefficient (Wildman–Crippen LogP) is 2.95. The Labute approximate surface area is 110 Å². The van der Waals surface area contributed by atoms with E-state index in [1.165, 1.54) is 29.8 Å². The molecule has 1 aromatic heterocycles. The first-order valence-electron chi connectivity index (χ1n) is 7.26. The average Bonchev–Trinajstić information content (AvgIpc) is 2.68. The zero-order valence-corrected chi connectivity index (χ0v) is 11.7. The van der Waals surface area contributed by atoms with Crippen LogP contribution in [0.15, 0.2) is 6.07 Å². The fourth-order valence-corrected chi connectivity index (χ4v) is 2.88. The third kappa shape index (κ3) is 2.96. The normalized spacial score (nSPS) is 18.9. The third-order valence-electron chi connectivity index (χ3n) is 3.80. The Bertz CT molecular complexity index is 384. The van der Waals surface area contributed by atoms with Gasteiger partial charge in [0.05, 0.1) is 0 Å². The van der Waals surface area contributed by atoms with Gasteiger partial charge in [0, 0.05) is 37.2 Å². The molecule has 0 spiro atoms. The highest BCUT2D eigenvalue weighted by Crippen LogP contribution is 2.30. The van der Waals surface area contributed by atoms with Crippen LogP contribution in [-0.2, 0) is 17.7 Å². The first kappa shape index (κ1) is 13.6. The van der Waals surface area contributed by atoms with Crippen LogP contribution in [0, 0.1) is 6.92 Å². The van der Waals surface area contributed by atoms with Crippen molar-refractivity contribution in [1.29, 1.82) is 0 Å². The molecule has 1 heterocycles. The van der Waals surface area contributed by atoms with Crippen LogP contribution < -0.4 is 5.73 Å². The van der Waals surface area contributed by atoms with Crippen LogP contribution in [0.1, 0.15) is 55.6 Å². The summed E-state index contributed by atoms with van der Waals surface area (Å²) in [5.41, 5.74) is 10.4. The van der Waals surface area contributed by atoms with Gasteiger partial charge < -0.3 is 15.0 Å². The summed E-state index contributed by atoms with van der Waals surface area (Å²) in [6, 6.07) is 2.54. The van der Waals surface area contributed by atoms with E-state index in [-0.39, 0.29) is 6.04 Å². The second-order valence-corrected chi connectivity index (χ2v) is 5.30. The molecule has 1 aromatic rings. The predicted molar refractivity (Wildman–Crippen MR) is 74.8 cm³/mol. The molecule has 1 aliphatic carbocycles. The fourth-order valence-electron chi connectivity index (χ4n) is 2.88. The summed E-state index contributed by atoms with van der Waals surface area (Å²) < 4.78 is 8.00. The lowest BCUT2D eigenvalue weighted by atomic mass is 9.93. The van der Waals surface area contributed by atoms with Gasteiger partial charge in [-0.2, -0.15) is 0 Å². The van der Waals surface area contributed by atoms with Crippen LogP contribution in [0.25, 0.3) is 0 Å². The molecule has 1 atom stereocenters. The van der Waals surface area contributed by atoms with Crippen molar-refractivity contribution in [2.45, 2.75) is 58.5 Å². The van der Waals surface area contributed by atoms with Crippen LogP contribution >= 0.6 is 0 Å². The molecule has 0 fully saturated rings.